The molecule has 0 spiro atoms. The smallest absolute Gasteiger partial charge is 0.290 e. The van der Waals surface area contributed by atoms with Gasteiger partial charge >= 0.3 is 0 Å². The number of primary amides is 1. The predicted octanol–water partition coefficient (Wildman–Crippen LogP) is -0.413. The van der Waals surface area contributed by atoms with Gasteiger partial charge in [0.15, 0.2) is 0 Å². The molecular weight excluding hydrogens is 186 g/mol. The van der Waals surface area contributed by atoms with Gasteiger partial charge in [-0.05, 0) is 13.8 Å². The molecule has 14 heavy (non-hydrogen) atoms. The average Bonchev–Trinajstić information content (AvgIpc) is 2.51. The molecule has 0 radical (unpaired) electrons. The number of aryl methyl sites for hydroxylation is 1. The standard InChI is InChI=1S/C8H11N3O3/c1-4-3-10-14-6(4)8(13)11-5(2)7(9)12/h3,5H,1-2H3,(H2,9,12)(H,11,13)/t5-/m0/s1. The van der Waals surface area contributed by atoms with Gasteiger partial charge in [0.1, 0.15) is 6.04 Å². The van der Waals surface area contributed by atoms with Crippen molar-refractivity contribution in [1.29, 1.82) is 0 Å². The van der Waals surface area contributed by atoms with Crippen LogP contribution in [0.25, 0.3) is 0 Å². The molecule has 6 heteroatoms. The third-order valence-electron chi connectivity index (χ3n) is 1.73. The Morgan fingerprint density at radius 2 is 2.29 bits per heavy atom. The number of carbonyl (C=O) groups excluding carboxylic acids is 2. The summed E-state index contributed by atoms with van der Waals surface area (Å²) in [6.07, 6.45) is 1.42. The van der Waals surface area contributed by atoms with Gasteiger partial charge < -0.3 is 15.6 Å². The van der Waals surface area contributed by atoms with Crippen LogP contribution in [0.3, 0.4) is 0 Å². The van der Waals surface area contributed by atoms with E-state index in [1.807, 2.05) is 0 Å². The first-order chi connectivity index (χ1) is 6.52. The summed E-state index contributed by atoms with van der Waals surface area (Å²) >= 11 is 0. The fourth-order valence-electron chi connectivity index (χ4n) is 0.843. The van der Waals surface area contributed by atoms with Crippen molar-refractivity contribution in [2.45, 2.75) is 19.9 Å². The number of amides is 2. The van der Waals surface area contributed by atoms with Crippen LogP contribution in [0, 0.1) is 6.92 Å². The molecule has 0 saturated heterocycles. The van der Waals surface area contributed by atoms with Crippen LogP contribution in [0.15, 0.2) is 10.7 Å². The SMILES string of the molecule is Cc1cnoc1C(=O)N[C@@H](C)C(N)=O. The van der Waals surface area contributed by atoms with Crippen LogP contribution in [-0.2, 0) is 4.79 Å². The highest BCUT2D eigenvalue weighted by Gasteiger charge is 2.18. The van der Waals surface area contributed by atoms with Crippen molar-refractivity contribution < 1.29 is 14.1 Å². The topological polar surface area (TPSA) is 98.2 Å². The zero-order valence-corrected chi connectivity index (χ0v) is 7.90. The molecule has 0 aliphatic heterocycles. The molecule has 76 valence electrons. The second-order valence-electron chi connectivity index (χ2n) is 2.94. The molecule has 0 aliphatic rings. The highest BCUT2D eigenvalue weighted by atomic mass is 16.5. The fourth-order valence-corrected chi connectivity index (χ4v) is 0.843. The Morgan fingerprint density at radius 3 is 2.71 bits per heavy atom. The van der Waals surface area contributed by atoms with E-state index >= 15 is 0 Å². The summed E-state index contributed by atoms with van der Waals surface area (Å²) in [5, 5.41) is 5.82. The van der Waals surface area contributed by atoms with E-state index in [4.69, 9.17) is 10.3 Å². The van der Waals surface area contributed by atoms with Gasteiger partial charge in [0.25, 0.3) is 5.91 Å². The van der Waals surface area contributed by atoms with Gasteiger partial charge in [-0.3, -0.25) is 9.59 Å². The van der Waals surface area contributed by atoms with E-state index < -0.39 is 17.9 Å². The van der Waals surface area contributed by atoms with Crippen LogP contribution < -0.4 is 11.1 Å². The minimum atomic E-state index is -0.730. The van der Waals surface area contributed by atoms with Gasteiger partial charge in [0.2, 0.25) is 11.7 Å². The van der Waals surface area contributed by atoms with E-state index in [2.05, 4.69) is 10.5 Å². The average molecular weight is 197 g/mol. The first-order valence-corrected chi connectivity index (χ1v) is 4.04. The lowest BCUT2D eigenvalue weighted by Gasteiger charge is -2.07. The number of hydrogen-bond donors (Lipinski definition) is 2. The van der Waals surface area contributed by atoms with Crippen LogP contribution in [0.1, 0.15) is 23.0 Å². The maximum atomic E-state index is 11.4. The van der Waals surface area contributed by atoms with Crippen LogP contribution in [0.5, 0.6) is 0 Å². The molecule has 1 aromatic heterocycles. The van der Waals surface area contributed by atoms with Crippen molar-refractivity contribution in [3.63, 3.8) is 0 Å². The molecule has 0 aliphatic carbocycles. The van der Waals surface area contributed by atoms with Crippen LogP contribution >= 0.6 is 0 Å². The number of nitrogens with zero attached hydrogens (tertiary/aromatic N) is 1. The van der Waals surface area contributed by atoms with Crippen LogP contribution in [-0.4, -0.2) is 23.0 Å². The van der Waals surface area contributed by atoms with Crippen LogP contribution in [0.2, 0.25) is 0 Å². The monoisotopic (exact) mass is 197 g/mol. The summed E-state index contributed by atoms with van der Waals surface area (Å²) in [6.45, 7) is 3.17. The van der Waals surface area contributed by atoms with Crippen molar-refractivity contribution >= 4 is 11.8 Å². The maximum absolute atomic E-state index is 11.4. The molecule has 0 unspecified atom stereocenters. The molecule has 2 amide bonds. The molecule has 6 nitrogen and oxygen atoms in total. The van der Waals surface area contributed by atoms with Gasteiger partial charge in [-0.15, -0.1) is 0 Å². The first kappa shape index (κ1) is 10.2. The van der Waals surface area contributed by atoms with Gasteiger partial charge in [-0.2, -0.15) is 0 Å². The molecular formula is C8H11N3O3. The number of nitrogens with one attached hydrogen (secondary N) is 1. The van der Waals surface area contributed by atoms with E-state index in [0.29, 0.717) is 5.56 Å². The molecule has 0 aromatic carbocycles. The van der Waals surface area contributed by atoms with Gasteiger partial charge in [-0.25, -0.2) is 0 Å². The third kappa shape index (κ3) is 2.09. The normalized spacial score (nSPS) is 12.1. The first-order valence-electron chi connectivity index (χ1n) is 4.04. The fraction of sp³-hybridized carbons (Fsp3) is 0.375. The lowest BCUT2D eigenvalue weighted by molar-refractivity contribution is -0.119. The summed E-state index contributed by atoms with van der Waals surface area (Å²) in [5.41, 5.74) is 5.59. The molecule has 0 fully saturated rings. The zero-order chi connectivity index (χ0) is 10.7. The van der Waals surface area contributed by atoms with Crippen molar-refractivity contribution in [3.05, 3.63) is 17.5 Å². The Balaban J connectivity index is 2.69. The molecule has 3 N–H and O–H groups in total. The summed E-state index contributed by atoms with van der Waals surface area (Å²) < 4.78 is 4.69. The Hall–Kier alpha value is -1.85. The highest BCUT2D eigenvalue weighted by Crippen LogP contribution is 2.05. The van der Waals surface area contributed by atoms with Gasteiger partial charge in [0, 0.05) is 5.56 Å². The number of rotatable bonds is 3. The zero-order valence-electron chi connectivity index (χ0n) is 7.90. The Labute approximate surface area is 80.4 Å². The second-order valence-corrected chi connectivity index (χ2v) is 2.94. The van der Waals surface area contributed by atoms with Crippen molar-refractivity contribution in [2.24, 2.45) is 5.73 Å². The quantitative estimate of drug-likeness (QED) is 0.687. The minimum absolute atomic E-state index is 0.0955. The summed E-state index contributed by atoms with van der Waals surface area (Å²) in [6, 6.07) is -0.730. The Kier molecular flexibility index (Phi) is 2.85. The molecule has 1 rings (SSSR count). The minimum Gasteiger partial charge on any atom is -0.368 e. The van der Waals surface area contributed by atoms with Crippen molar-refractivity contribution in [3.8, 4) is 0 Å². The molecule has 1 heterocycles. The summed E-state index contributed by atoms with van der Waals surface area (Å²) in [4.78, 5) is 22.0. The van der Waals surface area contributed by atoms with Gasteiger partial charge in [0.05, 0.1) is 6.20 Å². The summed E-state index contributed by atoms with van der Waals surface area (Å²) in [7, 11) is 0. The van der Waals surface area contributed by atoms with E-state index in [-0.39, 0.29) is 5.76 Å². The molecule has 1 aromatic rings. The molecule has 0 bridgehead atoms. The predicted molar refractivity (Wildman–Crippen MR) is 47.4 cm³/mol. The number of carbonyl (C=O) groups is 2. The largest absolute Gasteiger partial charge is 0.368 e. The Bertz CT molecular complexity index is 358. The molecule has 0 saturated carbocycles. The maximum Gasteiger partial charge on any atom is 0.290 e. The summed E-state index contributed by atoms with van der Waals surface area (Å²) in [5.74, 6) is -1.00. The van der Waals surface area contributed by atoms with E-state index in [1.54, 1.807) is 6.92 Å². The van der Waals surface area contributed by atoms with Crippen LogP contribution in [0.4, 0.5) is 0 Å². The lowest BCUT2D eigenvalue weighted by Crippen LogP contribution is -2.42. The van der Waals surface area contributed by atoms with Crippen molar-refractivity contribution in [1.82, 2.24) is 10.5 Å². The second kappa shape index (κ2) is 3.91. The van der Waals surface area contributed by atoms with E-state index in [9.17, 15) is 9.59 Å². The van der Waals surface area contributed by atoms with E-state index in [0.717, 1.165) is 0 Å². The van der Waals surface area contributed by atoms with E-state index in [1.165, 1.54) is 13.1 Å². The Morgan fingerprint density at radius 1 is 1.64 bits per heavy atom. The van der Waals surface area contributed by atoms with Crippen molar-refractivity contribution in [2.75, 3.05) is 0 Å². The number of hydrogen-bond acceptors (Lipinski definition) is 4. The third-order valence-corrected chi connectivity index (χ3v) is 1.73. The highest BCUT2D eigenvalue weighted by molar-refractivity contribution is 5.95. The lowest BCUT2D eigenvalue weighted by atomic mass is 10.2. The van der Waals surface area contributed by atoms with Gasteiger partial charge in [-0.1, -0.05) is 5.16 Å². The number of aromatic nitrogens is 1. The molecule has 1 atom stereocenters. The number of nitrogens with two attached hydrogens (primary N) is 1.